The SMILES string of the molecule is CCc1[c]c(Br)c(-c2ccc(F)cc2Cl)c(C(F)(C(F)(F)F)C(F)(F)C(F)(F)F)c1. The summed E-state index contributed by atoms with van der Waals surface area (Å²) in [6.07, 6.45) is -13.8. The molecule has 0 saturated carbocycles. The van der Waals surface area contributed by atoms with Crippen LogP contribution in [0.1, 0.15) is 18.1 Å². The molecule has 2 rings (SSSR count). The summed E-state index contributed by atoms with van der Waals surface area (Å²) in [5, 5.41) is -0.644. The van der Waals surface area contributed by atoms with Crippen molar-refractivity contribution in [1.82, 2.24) is 0 Å². The zero-order chi connectivity index (χ0) is 23.3. The smallest absolute Gasteiger partial charge is 0.221 e. The summed E-state index contributed by atoms with van der Waals surface area (Å²) in [7, 11) is 0. The Balaban J connectivity index is 3.07. The van der Waals surface area contributed by atoms with Crippen LogP contribution in [0.4, 0.5) is 43.9 Å². The molecule has 2 aromatic rings. The van der Waals surface area contributed by atoms with Gasteiger partial charge in [0, 0.05) is 27.2 Å². The molecule has 165 valence electrons. The molecular formula is C18H9BrClF10. The summed E-state index contributed by atoms with van der Waals surface area (Å²) in [6.45, 7) is 1.34. The third kappa shape index (κ3) is 3.90. The Kier molecular flexibility index (Phi) is 6.51. The molecule has 0 nitrogen and oxygen atoms in total. The van der Waals surface area contributed by atoms with Crippen LogP contribution in [-0.2, 0) is 12.1 Å². The van der Waals surface area contributed by atoms with Crippen LogP contribution < -0.4 is 0 Å². The largest absolute Gasteiger partial charge is 0.457 e. The number of hydrogen-bond donors (Lipinski definition) is 0. The summed E-state index contributed by atoms with van der Waals surface area (Å²) in [5.41, 5.74) is -10.2. The van der Waals surface area contributed by atoms with Gasteiger partial charge in [0.2, 0.25) is 0 Å². The van der Waals surface area contributed by atoms with Crippen LogP contribution in [0.2, 0.25) is 5.02 Å². The Morgan fingerprint density at radius 2 is 1.50 bits per heavy atom. The first-order chi connectivity index (χ1) is 13.5. The van der Waals surface area contributed by atoms with Gasteiger partial charge in [-0.05, 0) is 46.1 Å². The van der Waals surface area contributed by atoms with E-state index in [1.54, 1.807) is 0 Å². The van der Waals surface area contributed by atoms with Gasteiger partial charge < -0.3 is 0 Å². The molecule has 0 heterocycles. The van der Waals surface area contributed by atoms with Gasteiger partial charge in [-0.15, -0.1) is 0 Å². The first-order valence-electron chi connectivity index (χ1n) is 7.89. The van der Waals surface area contributed by atoms with Crippen LogP contribution in [0, 0.1) is 11.9 Å². The van der Waals surface area contributed by atoms with Crippen molar-refractivity contribution in [3.05, 3.63) is 56.8 Å². The molecule has 0 spiro atoms. The minimum atomic E-state index is -6.89. The number of alkyl halides is 9. The van der Waals surface area contributed by atoms with E-state index >= 15 is 4.39 Å². The molecule has 0 aromatic heterocycles. The molecule has 0 aliphatic heterocycles. The Hall–Kier alpha value is -1.49. The van der Waals surface area contributed by atoms with Gasteiger partial charge >= 0.3 is 23.9 Å². The van der Waals surface area contributed by atoms with E-state index < -0.39 is 55.9 Å². The van der Waals surface area contributed by atoms with Crippen molar-refractivity contribution in [2.24, 2.45) is 0 Å². The highest BCUT2D eigenvalue weighted by atomic mass is 79.9. The van der Waals surface area contributed by atoms with Gasteiger partial charge in [0.25, 0.3) is 0 Å². The van der Waals surface area contributed by atoms with Gasteiger partial charge in [-0.25, -0.2) is 8.78 Å². The van der Waals surface area contributed by atoms with Gasteiger partial charge in [0.05, 0.1) is 5.02 Å². The maximum atomic E-state index is 15.2. The van der Waals surface area contributed by atoms with E-state index in [9.17, 15) is 39.5 Å². The van der Waals surface area contributed by atoms with Crippen molar-refractivity contribution in [1.29, 1.82) is 0 Å². The van der Waals surface area contributed by atoms with Gasteiger partial charge in [-0.1, -0.05) is 24.6 Å². The molecule has 0 N–H and O–H groups in total. The topological polar surface area (TPSA) is 0 Å². The molecule has 12 heteroatoms. The van der Waals surface area contributed by atoms with E-state index in [0.717, 1.165) is 6.07 Å². The van der Waals surface area contributed by atoms with Crippen LogP contribution in [0.15, 0.2) is 28.7 Å². The highest BCUT2D eigenvalue weighted by molar-refractivity contribution is 9.10. The van der Waals surface area contributed by atoms with Crippen molar-refractivity contribution < 1.29 is 43.9 Å². The highest BCUT2D eigenvalue weighted by Gasteiger charge is 2.82. The first kappa shape index (κ1) is 24.8. The fourth-order valence-electron chi connectivity index (χ4n) is 2.72. The fraction of sp³-hybridized carbons (Fsp3) is 0.333. The first-order valence-corrected chi connectivity index (χ1v) is 9.06. The van der Waals surface area contributed by atoms with E-state index in [4.69, 9.17) is 11.6 Å². The minimum absolute atomic E-state index is 0.172. The van der Waals surface area contributed by atoms with Crippen molar-refractivity contribution in [3.8, 4) is 11.1 Å². The average Bonchev–Trinajstić information content (AvgIpc) is 2.59. The number of rotatable bonds is 4. The van der Waals surface area contributed by atoms with Gasteiger partial charge in [0.1, 0.15) is 5.82 Å². The lowest BCUT2D eigenvalue weighted by molar-refractivity contribution is -0.389. The Morgan fingerprint density at radius 3 is 1.93 bits per heavy atom. The molecule has 0 aliphatic rings. The van der Waals surface area contributed by atoms with Crippen LogP contribution >= 0.6 is 27.5 Å². The van der Waals surface area contributed by atoms with Crippen molar-refractivity contribution >= 4 is 27.5 Å². The molecule has 0 saturated heterocycles. The van der Waals surface area contributed by atoms with E-state index in [1.165, 1.54) is 6.92 Å². The second-order valence-corrected chi connectivity index (χ2v) is 7.30. The minimum Gasteiger partial charge on any atom is -0.221 e. The predicted octanol–water partition coefficient (Wildman–Crippen LogP) is 8.20. The summed E-state index contributed by atoms with van der Waals surface area (Å²) in [4.78, 5) is 0. The zero-order valence-electron chi connectivity index (χ0n) is 14.6. The van der Waals surface area contributed by atoms with E-state index in [1.807, 2.05) is 0 Å². The Morgan fingerprint density at radius 1 is 0.933 bits per heavy atom. The lowest BCUT2D eigenvalue weighted by atomic mass is 9.81. The predicted molar refractivity (Wildman–Crippen MR) is 92.6 cm³/mol. The highest BCUT2D eigenvalue weighted by Crippen LogP contribution is 2.60. The maximum Gasteiger partial charge on any atom is 0.457 e. The lowest BCUT2D eigenvalue weighted by Gasteiger charge is -2.37. The second-order valence-electron chi connectivity index (χ2n) is 6.10. The van der Waals surface area contributed by atoms with E-state index in [2.05, 4.69) is 22.0 Å². The van der Waals surface area contributed by atoms with Crippen LogP contribution in [0.3, 0.4) is 0 Å². The van der Waals surface area contributed by atoms with Crippen LogP contribution in [-0.4, -0.2) is 18.3 Å². The average molecular weight is 531 g/mol. The van der Waals surface area contributed by atoms with Crippen molar-refractivity contribution in [2.75, 3.05) is 0 Å². The van der Waals surface area contributed by atoms with E-state index in [-0.39, 0.29) is 18.1 Å². The molecule has 1 atom stereocenters. The third-order valence-corrected chi connectivity index (χ3v) is 5.12. The third-order valence-electron chi connectivity index (χ3n) is 4.21. The number of aryl methyl sites for hydroxylation is 1. The second kappa shape index (κ2) is 7.89. The van der Waals surface area contributed by atoms with Crippen LogP contribution in [0.5, 0.6) is 0 Å². The Labute approximate surface area is 177 Å². The van der Waals surface area contributed by atoms with Crippen molar-refractivity contribution in [3.63, 3.8) is 0 Å². The molecule has 1 radical (unpaired) electrons. The summed E-state index contributed by atoms with van der Waals surface area (Å²) in [5.74, 6) is -7.84. The normalized spacial score (nSPS) is 15.2. The standard InChI is InChI=1S/C18H9BrClF10/c1-2-8-5-11(15(22,17(25,26)27)16(23,24)18(28,29)30)14(12(19)6-8)10-4-3-9(21)7-13(10)20/h3-5,7H,2H2,1H3. The van der Waals surface area contributed by atoms with Gasteiger partial charge in [-0.3, -0.25) is 0 Å². The maximum absolute atomic E-state index is 15.2. The lowest BCUT2D eigenvalue weighted by Crippen LogP contribution is -2.60. The molecule has 30 heavy (non-hydrogen) atoms. The Bertz CT molecular complexity index is 951. The summed E-state index contributed by atoms with van der Waals surface area (Å²) in [6, 6.07) is 4.61. The number of benzene rings is 2. The van der Waals surface area contributed by atoms with Crippen molar-refractivity contribution in [2.45, 2.75) is 37.3 Å². The molecule has 0 fully saturated rings. The van der Waals surface area contributed by atoms with Crippen LogP contribution in [0.25, 0.3) is 11.1 Å². The molecular weight excluding hydrogens is 522 g/mol. The monoisotopic (exact) mass is 529 g/mol. The fourth-order valence-corrected chi connectivity index (χ4v) is 3.66. The van der Waals surface area contributed by atoms with E-state index in [0.29, 0.717) is 12.1 Å². The number of halogens is 12. The zero-order valence-corrected chi connectivity index (χ0v) is 16.9. The van der Waals surface area contributed by atoms with Gasteiger partial charge in [0.15, 0.2) is 0 Å². The summed E-state index contributed by atoms with van der Waals surface area (Å²) < 4.78 is 136. The molecule has 0 amide bonds. The summed E-state index contributed by atoms with van der Waals surface area (Å²) >= 11 is 8.50. The molecule has 0 aliphatic carbocycles. The van der Waals surface area contributed by atoms with Gasteiger partial charge in [-0.2, -0.15) is 35.1 Å². The quantitative estimate of drug-likeness (QED) is 0.350. The molecule has 1 unspecified atom stereocenters. The number of hydrogen-bond acceptors (Lipinski definition) is 0. The molecule has 2 aromatic carbocycles. The molecule has 0 bridgehead atoms.